The third-order valence-corrected chi connectivity index (χ3v) is 10.4. The second-order valence-corrected chi connectivity index (χ2v) is 13.5. The average molecular weight is 641 g/mol. The van der Waals surface area contributed by atoms with E-state index >= 15 is 4.39 Å². The zero-order valence-corrected chi connectivity index (χ0v) is 26.1. The molecule has 1 aromatic carbocycles. The highest BCUT2D eigenvalue weighted by molar-refractivity contribution is 6.32. The summed E-state index contributed by atoms with van der Waals surface area (Å²) in [6.07, 6.45) is 7.89. The zero-order valence-electron chi connectivity index (χ0n) is 25.3. The minimum absolute atomic E-state index is 0.0179. The first-order valence-electron chi connectivity index (χ1n) is 16.2. The van der Waals surface area contributed by atoms with Gasteiger partial charge in [-0.05, 0) is 81.5 Å². The lowest BCUT2D eigenvalue weighted by molar-refractivity contribution is -0.121. The molecule has 6 bridgehead atoms. The van der Waals surface area contributed by atoms with Crippen molar-refractivity contribution < 1.29 is 23.4 Å². The van der Waals surface area contributed by atoms with Crippen LogP contribution in [0.5, 0.6) is 11.8 Å². The SMILES string of the molecule is O=C1CCCCc2c(Cl)cc(O)cc2-c2ncc3c(nc(OC[C@@]45CCCN4CC(F)C5)nc3c2F)N2CCC[C@H](CCN1)C2. The molecular weight excluding hydrogens is 602 g/mol. The molecule has 45 heavy (non-hydrogen) atoms. The number of phenolic OH excluding ortho intramolecular Hbond substituents is 1. The first-order chi connectivity index (χ1) is 21.8. The number of piperidine rings is 1. The molecule has 7 heterocycles. The quantitative estimate of drug-likeness (QED) is 0.382. The Labute approximate surface area is 266 Å². The lowest BCUT2D eigenvalue weighted by Gasteiger charge is -2.34. The number of carbonyl (C=O) groups is 1. The topological polar surface area (TPSA) is 104 Å². The van der Waals surface area contributed by atoms with Crippen LogP contribution in [-0.4, -0.2) is 81.9 Å². The third-order valence-electron chi connectivity index (χ3n) is 10.1. The van der Waals surface area contributed by atoms with Gasteiger partial charge in [0.05, 0.1) is 10.9 Å². The number of ether oxygens (including phenoxy) is 1. The maximum absolute atomic E-state index is 16.7. The Morgan fingerprint density at radius 1 is 1.11 bits per heavy atom. The number of nitrogens with one attached hydrogen (secondary N) is 1. The van der Waals surface area contributed by atoms with Gasteiger partial charge in [0.1, 0.15) is 35.6 Å². The van der Waals surface area contributed by atoms with Gasteiger partial charge in [-0.3, -0.25) is 14.7 Å². The maximum Gasteiger partial charge on any atom is 0.319 e. The van der Waals surface area contributed by atoms with Crippen LogP contribution in [0.2, 0.25) is 5.02 Å². The van der Waals surface area contributed by atoms with E-state index in [9.17, 15) is 14.3 Å². The Morgan fingerprint density at radius 3 is 2.87 bits per heavy atom. The molecule has 0 aliphatic carbocycles. The van der Waals surface area contributed by atoms with Gasteiger partial charge in [0.25, 0.3) is 0 Å². The highest BCUT2D eigenvalue weighted by Gasteiger charge is 2.49. The highest BCUT2D eigenvalue weighted by atomic mass is 35.5. The van der Waals surface area contributed by atoms with Crippen LogP contribution < -0.4 is 15.0 Å². The molecule has 3 fully saturated rings. The summed E-state index contributed by atoms with van der Waals surface area (Å²) in [5, 5.41) is 14.3. The number of rotatable bonds is 3. The molecule has 1 unspecified atom stereocenters. The van der Waals surface area contributed by atoms with Gasteiger partial charge in [0.15, 0.2) is 5.82 Å². The van der Waals surface area contributed by atoms with E-state index in [2.05, 4.69) is 25.1 Å². The number of phenols is 1. The lowest BCUT2D eigenvalue weighted by Crippen LogP contribution is -2.43. The van der Waals surface area contributed by atoms with Crippen LogP contribution in [0.3, 0.4) is 0 Å². The normalized spacial score (nSPS) is 26.0. The number of hydrogen-bond acceptors (Lipinski definition) is 8. The number of amides is 1. The van der Waals surface area contributed by atoms with Crippen LogP contribution in [0.4, 0.5) is 14.6 Å². The number of benzene rings is 1. The number of anilines is 1. The van der Waals surface area contributed by atoms with E-state index in [-0.39, 0.29) is 35.5 Å². The predicted octanol–water partition coefficient (Wildman–Crippen LogP) is 5.59. The second-order valence-electron chi connectivity index (χ2n) is 13.1. The zero-order chi connectivity index (χ0) is 31.1. The van der Waals surface area contributed by atoms with Crippen molar-refractivity contribution in [2.24, 2.45) is 5.92 Å². The van der Waals surface area contributed by atoms with Crippen LogP contribution in [0.1, 0.15) is 63.4 Å². The van der Waals surface area contributed by atoms with Gasteiger partial charge in [-0.25, -0.2) is 8.78 Å². The third kappa shape index (κ3) is 6.01. The molecule has 2 aromatic heterocycles. The van der Waals surface area contributed by atoms with Gasteiger partial charge in [-0.2, -0.15) is 9.97 Å². The predicted molar refractivity (Wildman–Crippen MR) is 168 cm³/mol. The van der Waals surface area contributed by atoms with Crippen LogP contribution in [0, 0.1) is 11.7 Å². The molecule has 0 radical (unpaired) electrons. The second kappa shape index (κ2) is 12.5. The number of aromatic hydroxyl groups is 1. The van der Waals surface area contributed by atoms with Gasteiger partial charge in [-0.1, -0.05) is 11.6 Å². The fraction of sp³-hybridized carbons (Fsp3) is 0.576. The first-order valence-corrected chi connectivity index (χ1v) is 16.6. The molecule has 3 aromatic rings. The molecular formula is C33H39ClF2N6O3. The number of hydrogen-bond donors (Lipinski definition) is 2. The summed E-state index contributed by atoms with van der Waals surface area (Å²) < 4.78 is 37.4. The molecule has 5 aliphatic rings. The lowest BCUT2D eigenvalue weighted by atomic mass is 9.94. The van der Waals surface area contributed by atoms with Crippen molar-refractivity contribution in [3.05, 3.63) is 34.7 Å². The standard InChI is InChI=1S/C33H39ClF2N6O3/c34-26-14-22(43)13-24-23(26)6-1-2-7-27(44)37-10-8-20-5-3-11-41(17-20)31-25-16-38-29(24)28(36)30(25)39-32(40-31)45-19-33-9-4-12-42(33)18-21(35)15-33/h13-14,16,20-21,43H,1-12,15,17-19H2,(H,37,44)/t20-,21?,33+/m1/s1. The number of halogens is 3. The van der Waals surface area contributed by atoms with E-state index < -0.39 is 17.5 Å². The van der Waals surface area contributed by atoms with E-state index in [1.807, 2.05) is 0 Å². The van der Waals surface area contributed by atoms with Crippen molar-refractivity contribution in [1.29, 1.82) is 0 Å². The molecule has 9 nitrogen and oxygen atoms in total. The van der Waals surface area contributed by atoms with E-state index in [1.54, 1.807) is 6.20 Å². The van der Waals surface area contributed by atoms with Gasteiger partial charge < -0.3 is 20.1 Å². The Morgan fingerprint density at radius 2 is 1.98 bits per heavy atom. The summed E-state index contributed by atoms with van der Waals surface area (Å²) in [6.45, 7) is 3.48. The molecule has 8 rings (SSSR count). The van der Waals surface area contributed by atoms with E-state index in [0.717, 1.165) is 45.2 Å². The number of fused-ring (bicyclic) bond motifs is 9. The Balaban J connectivity index is 1.33. The Kier molecular flexibility index (Phi) is 8.41. The molecule has 0 spiro atoms. The van der Waals surface area contributed by atoms with Crippen LogP contribution in [0.15, 0.2) is 18.3 Å². The van der Waals surface area contributed by atoms with Gasteiger partial charge in [0.2, 0.25) is 5.91 Å². The monoisotopic (exact) mass is 640 g/mol. The molecule has 5 aliphatic heterocycles. The number of pyridine rings is 1. The average Bonchev–Trinajstić information content (AvgIpc) is 3.54. The molecule has 0 saturated carbocycles. The van der Waals surface area contributed by atoms with Crippen molar-refractivity contribution in [1.82, 2.24) is 25.2 Å². The first kappa shape index (κ1) is 30.3. The maximum atomic E-state index is 16.7. The number of carbonyl (C=O) groups excluding carboxylic acids is 1. The summed E-state index contributed by atoms with van der Waals surface area (Å²) in [5.41, 5.74) is 0.730. The molecule has 3 atom stereocenters. The van der Waals surface area contributed by atoms with Crippen LogP contribution in [-0.2, 0) is 11.2 Å². The Bertz CT molecular complexity index is 1610. The summed E-state index contributed by atoms with van der Waals surface area (Å²) in [5.74, 6) is 0.142. The number of aromatic nitrogens is 3. The van der Waals surface area contributed by atoms with Gasteiger partial charge in [0, 0.05) is 55.8 Å². The molecule has 12 heteroatoms. The molecule has 2 N–H and O–H groups in total. The minimum atomic E-state index is -0.897. The highest BCUT2D eigenvalue weighted by Crippen LogP contribution is 2.42. The van der Waals surface area contributed by atoms with Gasteiger partial charge >= 0.3 is 6.01 Å². The fourth-order valence-electron chi connectivity index (χ4n) is 7.83. The van der Waals surface area contributed by atoms with Crippen molar-refractivity contribution in [2.75, 3.05) is 44.2 Å². The van der Waals surface area contributed by atoms with Crippen LogP contribution in [0.25, 0.3) is 22.2 Å². The van der Waals surface area contributed by atoms with E-state index in [1.165, 1.54) is 12.1 Å². The summed E-state index contributed by atoms with van der Waals surface area (Å²) in [7, 11) is 0. The smallest absolute Gasteiger partial charge is 0.319 e. The molecule has 240 valence electrons. The molecule has 3 saturated heterocycles. The van der Waals surface area contributed by atoms with E-state index in [4.69, 9.17) is 21.3 Å². The van der Waals surface area contributed by atoms with Crippen molar-refractivity contribution in [3.8, 4) is 23.0 Å². The summed E-state index contributed by atoms with van der Waals surface area (Å²) >= 11 is 6.59. The van der Waals surface area contributed by atoms with Crippen molar-refractivity contribution >= 4 is 34.2 Å². The molecule has 1 amide bonds. The van der Waals surface area contributed by atoms with Crippen molar-refractivity contribution in [2.45, 2.75) is 75.9 Å². The number of alkyl halides is 1. The largest absolute Gasteiger partial charge is 0.508 e. The van der Waals surface area contributed by atoms with E-state index in [0.29, 0.717) is 85.0 Å². The fourth-order valence-corrected chi connectivity index (χ4v) is 8.14. The Hall–Kier alpha value is -3.31. The summed E-state index contributed by atoms with van der Waals surface area (Å²) in [4.78, 5) is 30.8. The number of nitrogens with zero attached hydrogens (tertiary/aromatic N) is 5. The van der Waals surface area contributed by atoms with Crippen LogP contribution >= 0.6 is 11.6 Å². The van der Waals surface area contributed by atoms with Crippen molar-refractivity contribution in [3.63, 3.8) is 0 Å². The summed E-state index contributed by atoms with van der Waals surface area (Å²) in [6, 6.07) is 2.96. The minimum Gasteiger partial charge on any atom is -0.508 e. The van der Waals surface area contributed by atoms with Gasteiger partial charge in [-0.15, -0.1) is 0 Å².